The van der Waals surface area contributed by atoms with Crippen LogP contribution in [-0.2, 0) is 31.6 Å². The Morgan fingerprint density at radius 3 is 2.22 bits per heavy atom. The van der Waals surface area contributed by atoms with E-state index in [0.717, 1.165) is 6.42 Å². The van der Waals surface area contributed by atoms with Crippen LogP contribution >= 0.6 is 23.5 Å². The zero-order valence-corrected chi connectivity index (χ0v) is 14.7. The smallest absolute Gasteiger partial charge is 0.390 e. The molecule has 1 rings (SSSR count). The lowest BCUT2D eigenvalue weighted by Gasteiger charge is -2.19. The Balaban J connectivity index is 2.54. The third kappa shape index (κ3) is 8.31. The number of phosphoric acid groups is 3. The molecule has 0 aromatic rings. The van der Waals surface area contributed by atoms with Gasteiger partial charge in [0.25, 0.3) is 0 Å². The van der Waals surface area contributed by atoms with Gasteiger partial charge in [0, 0.05) is 6.42 Å². The summed E-state index contributed by atoms with van der Waals surface area (Å²) in [6.07, 6.45) is -0.374. The topological polar surface area (TPSA) is 189 Å². The number of aliphatic hydroxyl groups is 1. The van der Waals surface area contributed by atoms with Crippen molar-refractivity contribution in [2.75, 3.05) is 6.61 Å². The van der Waals surface area contributed by atoms with E-state index in [-0.39, 0.29) is 6.10 Å². The van der Waals surface area contributed by atoms with Crippen molar-refractivity contribution < 1.29 is 56.3 Å². The van der Waals surface area contributed by atoms with Gasteiger partial charge in [0.05, 0.1) is 18.8 Å². The zero-order valence-electron chi connectivity index (χ0n) is 12.0. The Hall–Kier alpha value is 0.330. The molecule has 2 unspecified atom stereocenters. The predicted molar refractivity (Wildman–Crippen MR) is 74.0 cm³/mol. The molecule has 1 heterocycles. The predicted octanol–water partition coefficient (Wildman–Crippen LogP) is 0.648. The number of aliphatic hydroxyl groups excluding tert-OH is 1. The molecule has 1 saturated heterocycles. The summed E-state index contributed by atoms with van der Waals surface area (Å²) in [6, 6.07) is 0. The van der Waals surface area contributed by atoms with E-state index in [0.29, 0.717) is 12.8 Å². The van der Waals surface area contributed by atoms with E-state index in [1.807, 2.05) is 6.92 Å². The lowest BCUT2D eigenvalue weighted by Crippen LogP contribution is -2.26. The molecule has 12 nitrogen and oxygen atoms in total. The van der Waals surface area contributed by atoms with Gasteiger partial charge in [-0.3, -0.25) is 4.52 Å². The summed E-state index contributed by atoms with van der Waals surface area (Å²) >= 11 is 0. The third-order valence-electron chi connectivity index (χ3n) is 2.73. The lowest BCUT2D eigenvalue weighted by atomic mass is 10.1. The van der Waals surface area contributed by atoms with E-state index in [9.17, 15) is 23.7 Å². The normalized spacial score (nSPS) is 30.8. The maximum Gasteiger partial charge on any atom is 0.490 e. The molecule has 0 aromatic carbocycles. The van der Waals surface area contributed by atoms with Crippen LogP contribution in [0.2, 0.25) is 0 Å². The van der Waals surface area contributed by atoms with Gasteiger partial charge in [0.2, 0.25) is 0 Å². The van der Waals surface area contributed by atoms with Gasteiger partial charge in [-0.2, -0.15) is 8.62 Å². The molecule has 1 aliphatic heterocycles. The van der Waals surface area contributed by atoms with E-state index in [1.165, 1.54) is 0 Å². The van der Waals surface area contributed by atoms with E-state index >= 15 is 0 Å². The fourth-order valence-corrected chi connectivity index (χ4v) is 4.97. The first-order valence-corrected chi connectivity index (χ1v) is 11.0. The number of hydrogen-bond donors (Lipinski definition) is 5. The number of rotatable bonds is 9. The molecule has 0 saturated carbocycles. The monoisotopic (exact) mass is 400 g/mol. The fraction of sp³-hybridized carbons (Fsp3) is 1.00. The second-order valence-corrected chi connectivity index (χ2v) is 9.19. The molecule has 15 heteroatoms. The molecule has 138 valence electrons. The fourth-order valence-electron chi connectivity index (χ4n) is 1.94. The molecule has 0 bridgehead atoms. The molecule has 0 amide bonds. The molecule has 0 spiro atoms. The molecular weight excluding hydrogens is 381 g/mol. The van der Waals surface area contributed by atoms with Crippen molar-refractivity contribution in [2.24, 2.45) is 0 Å². The van der Waals surface area contributed by atoms with Crippen LogP contribution < -0.4 is 0 Å². The minimum Gasteiger partial charge on any atom is -0.390 e. The zero-order chi connectivity index (χ0) is 17.9. The summed E-state index contributed by atoms with van der Waals surface area (Å²) in [5.74, 6) is 0. The highest BCUT2D eigenvalue weighted by atomic mass is 31.3. The molecule has 1 aliphatic rings. The highest BCUT2D eigenvalue weighted by Gasteiger charge is 2.42. The van der Waals surface area contributed by atoms with E-state index in [2.05, 4.69) is 13.1 Å². The molecular formula is C8H19O12P3. The second-order valence-electron chi connectivity index (χ2n) is 4.78. The Morgan fingerprint density at radius 1 is 1.09 bits per heavy atom. The Labute approximate surface area is 131 Å². The minimum atomic E-state index is -5.54. The number of phosphoric ester groups is 1. The summed E-state index contributed by atoms with van der Waals surface area (Å²) in [5, 5.41) is 9.72. The van der Waals surface area contributed by atoms with Crippen LogP contribution in [0.1, 0.15) is 26.2 Å². The molecule has 0 aliphatic carbocycles. The highest BCUT2D eigenvalue weighted by Crippen LogP contribution is 2.66. The number of ether oxygens (including phenoxy) is 1. The molecule has 5 N–H and O–H groups in total. The first kappa shape index (κ1) is 21.4. The van der Waals surface area contributed by atoms with Crippen molar-refractivity contribution in [3.05, 3.63) is 0 Å². The van der Waals surface area contributed by atoms with Gasteiger partial charge in [-0.15, -0.1) is 0 Å². The van der Waals surface area contributed by atoms with E-state index in [4.69, 9.17) is 19.4 Å². The number of hydrogen-bond acceptors (Lipinski definition) is 8. The van der Waals surface area contributed by atoms with E-state index in [1.54, 1.807) is 0 Å². The van der Waals surface area contributed by atoms with Gasteiger partial charge >= 0.3 is 23.5 Å². The SMILES string of the molecule is CCC[C@H]1C[C@@H](O)[C@@H](COP(=O)(O)OP(=O)(O)OP(=O)(O)O)O1. The standard InChI is InChI=1S/C8H19O12P3/c1-2-3-6-4-7(9)8(18-6)5-17-22(13,14)20-23(15,16)19-21(10,11)12/h6-9H,2-5H2,1H3,(H,13,14)(H,15,16)(H2,10,11,12)/t6-,7+,8+/m0/s1. The van der Waals surface area contributed by atoms with Gasteiger partial charge in [0.15, 0.2) is 0 Å². The van der Waals surface area contributed by atoms with Crippen LogP contribution in [0.4, 0.5) is 0 Å². The van der Waals surface area contributed by atoms with Crippen molar-refractivity contribution >= 4 is 23.5 Å². The summed E-state index contributed by atoms with van der Waals surface area (Å²) in [6.45, 7) is 1.28. The van der Waals surface area contributed by atoms with Crippen molar-refractivity contribution in [2.45, 2.75) is 44.5 Å². The van der Waals surface area contributed by atoms with Crippen molar-refractivity contribution in [1.82, 2.24) is 0 Å². The van der Waals surface area contributed by atoms with Crippen molar-refractivity contribution in [3.63, 3.8) is 0 Å². The van der Waals surface area contributed by atoms with Gasteiger partial charge in [-0.05, 0) is 6.42 Å². The van der Waals surface area contributed by atoms with Crippen molar-refractivity contribution in [1.29, 1.82) is 0 Å². The van der Waals surface area contributed by atoms with Crippen LogP contribution in [0.25, 0.3) is 0 Å². The Kier molecular flexibility index (Phi) is 7.56. The van der Waals surface area contributed by atoms with Crippen LogP contribution in [0.3, 0.4) is 0 Å². The van der Waals surface area contributed by atoms with Crippen LogP contribution in [0, 0.1) is 0 Å². The Bertz CT molecular complexity index is 530. The van der Waals surface area contributed by atoms with Gasteiger partial charge in [-0.1, -0.05) is 13.3 Å². The first-order valence-electron chi connectivity index (χ1n) is 6.45. The average molecular weight is 400 g/mol. The third-order valence-corrected chi connectivity index (χ3v) is 6.53. The van der Waals surface area contributed by atoms with Crippen LogP contribution in [-0.4, -0.2) is 49.6 Å². The average Bonchev–Trinajstić information content (AvgIpc) is 2.63. The van der Waals surface area contributed by atoms with Gasteiger partial charge in [-0.25, -0.2) is 13.7 Å². The first-order chi connectivity index (χ1) is 10.3. The molecule has 0 aromatic heterocycles. The van der Waals surface area contributed by atoms with E-state index < -0.39 is 42.3 Å². The summed E-state index contributed by atoms with van der Waals surface area (Å²) in [7, 11) is -16.2. The maximum atomic E-state index is 11.5. The quantitative estimate of drug-likeness (QED) is 0.340. The van der Waals surface area contributed by atoms with Gasteiger partial charge < -0.3 is 29.4 Å². The Morgan fingerprint density at radius 2 is 1.70 bits per heavy atom. The highest BCUT2D eigenvalue weighted by molar-refractivity contribution is 7.66. The lowest BCUT2D eigenvalue weighted by molar-refractivity contribution is -0.0232. The molecule has 5 atom stereocenters. The minimum absolute atomic E-state index is 0.246. The largest absolute Gasteiger partial charge is 0.490 e. The van der Waals surface area contributed by atoms with Crippen molar-refractivity contribution in [3.8, 4) is 0 Å². The maximum absolute atomic E-state index is 11.5. The van der Waals surface area contributed by atoms with Gasteiger partial charge in [0.1, 0.15) is 6.10 Å². The molecule has 0 radical (unpaired) electrons. The summed E-state index contributed by atoms with van der Waals surface area (Å²) < 4.78 is 50.0. The summed E-state index contributed by atoms with van der Waals surface area (Å²) in [5.41, 5.74) is 0. The van der Waals surface area contributed by atoms with Crippen LogP contribution in [0.15, 0.2) is 0 Å². The summed E-state index contributed by atoms with van der Waals surface area (Å²) in [4.78, 5) is 35.0. The molecule has 1 fully saturated rings. The molecule has 23 heavy (non-hydrogen) atoms. The second kappa shape index (κ2) is 8.14. The van der Waals surface area contributed by atoms with Crippen LogP contribution in [0.5, 0.6) is 0 Å².